The van der Waals surface area contributed by atoms with Gasteiger partial charge in [0.15, 0.2) is 0 Å². The van der Waals surface area contributed by atoms with E-state index in [1.807, 2.05) is 4.90 Å². The third-order valence-corrected chi connectivity index (χ3v) is 5.74. The highest BCUT2D eigenvalue weighted by Crippen LogP contribution is 2.19. The van der Waals surface area contributed by atoms with E-state index in [4.69, 9.17) is 5.11 Å². The number of hydrogen-bond acceptors (Lipinski definition) is 5. The second-order valence-corrected chi connectivity index (χ2v) is 7.57. The average molecular weight is 366 g/mol. The van der Waals surface area contributed by atoms with Crippen LogP contribution in [0.5, 0.6) is 0 Å². The van der Waals surface area contributed by atoms with Crippen LogP contribution in [0, 0.1) is 0 Å². The van der Waals surface area contributed by atoms with Crippen LogP contribution in [0.15, 0.2) is 0 Å². The summed E-state index contributed by atoms with van der Waals surface area (Å²) in [6, 6.07) is -0.243. The van der Waals surface area contributed by atoms with Crippen LogP contribution in [0.2, 0.25) is 0 Å². The minimum atomic E-state index is -0.962. The van der Waals surface area contributed by atoms with Crippen LogP contribution in [0.25, 0.3) is 0 Å². The van der Waals surface area contributed by atoms with Crippen molar-refractivity contribution in [3.63, 3.8) is 0 Å². The van der Waals surface area contributed by atoms with Gasteiger partial charge in [-0.2, -0.15) is 0 Å². The molecule has 3 rings (SSSR count). The molecule has 3 saturated heterocycles. The minimum Gasteiger partial charge on any atom is -0.480 e. The Kier molecular flexibility index (Phi) is 6.48. The smallest absolute Gasteiger partial charge is 0.323 e. The number of piperazine rings is 1. The van der Waals surface area contributed by atoms with Crippen LogP contribution in [-0.2, 0) is 14.4 Å². The van der Waals surface area contributed by atoms with E-state index in [-0.39, 0.29) is 24.4 Å². The molecule has 0 aromatic carbocycles. The number of amides is 2. The molecule has 0 bridgehead atoms. The van der Waals surface area contributed by atoms with Gasteiger partial charge < -0.3 is 14.9 Å². The van der Waals surface area contributed by atoms with E-state index < -0.39 is 5.97 Å². The van der Waals surface area contributed by atoms with Crippen molar-refractivity contribution < 1.29 is 19.5 Å². The Morgan fingerprint density at radius 1 is 0.885 bits per heavy atom. The van der Waals surface area contributed by atoms with Gasteiger partial charge in [0.1, 0.15) is 6.54 Å². The predicted molar refractivity (Wildman–Crippen MR) is 95.7 cm³/mol. The first-order chi connectivity index (χ1) is 12.5. The van der Waals surface area contributed by atoms with E-state index in [0.29, 0.717) is 39.3 Å². The van der Waals surface area contributed by atoms with Crippen LogP contribution in [-0.4, -0.2) is 107 Å². The number of carboxylic acid groups (broad SMARTS) is 1. The van der Waals surface area contributed by atoms with E-state index in [2.05, 4.69) is 9.80 Å². The molecule has 1 unspecified atom stereocenters. The topological polar surface area (TPSA) is 84.4 Å². The van der Waals surface area contributed by atoms with Crippen molar-refractivity contribution in [2.45, 2.75) is 38.1 Å². The average Bonchev–Trinajstić information content (AvgIpc) is 3.06. The molecule has 146 valence electrons. The fraction of sp³-hybridized carbons (Fsp3) is 0.833. The maximum Gasteiger partial charge on any atom is 0.323 e. The van der Waals surface area contributed by atoms with Gasteiger partial charge in [-0.15, -0.1) is 0 Å². The van der Waals surface area contributed by atoms with Gasteiger partial charge in [-0.3, -0.25) is 24.2 Å². The van der Waals surface area contributed by atoms with Crippen LogP contribution < -0.4 is 0 Å². The van der Waals surface area contributed by atoms with Crippen molar-refractivity contribution in [1.82, 2.24) is 19.6 Å². The largest absolute Gasteiger partial charge is 0.480 e. The van der Waals surface area contributed by atoms with Crippen LogP contribution in [0.4, 0.5) is 0 Å². The molecule has 0 saturated carbocycles. The van der Waals surface area contributed by atoms with Gasteiger partial charge in [0.25, 0.3) is 0 Å². The summed E-state index contributed by atoms with van der Waals surface area (Å²) in [5, 5.41) is 9.03. The lowest BCUT2D eigenvalue weighted by atomic mass is 10.1. The minimum absolute atomic E-state index is 0.0678. The SMILES string of the molecule is O=C(O)CN1CCCCC(N2CCN(C(=O)CN3CCCC3)CC2)C1=O. The van der Waals surface area contributed by atoms with Crippen LogP contribution in [0.3, 0.4) is 0 Å². The molecule has 8 heteroatoms. The Balaban J connectivity index is 1.51. The van der Waals surface area contributed by atoms with E-state index in [9.17, 15) is 14.4 Å². The Bertz CT molecular complexity index is 527. The van der Waals surface area contributed by atoms with Gasteiger partial charge in [-0.1, -0.05) is 0 Å². The van der Waals surface area contributed by atoms with Gasteiger partial charge in [0.05, 0.1) is 12.6 Å². The molecule has 0 spiro atoms. The Morgan fingerprint density at radius 2 is 1.54 bits per heavy atom. The monoisotopic (exact) mass is 366 g/mol. The highest BCUT2D eigenvalue weighted by Gasteiger charge is 2.35. The molecule has 3 heterocycles. The molecule has 1 N–H and O–H groups in total. The lowest BCUT2D eigenvalue weighted by Gasteiger charge is -2.39. The summed E-state index contributed by atoms with van der Waals surface area (Å²) in [7, 11) is 0. The molecule has 0 aromatic heterocycles. The molecule has 0 aromatic rings. The van der Waals surface area contributed by atoms with Crippen molar-refractivity contribution in [3.8, 4) is 0 Å². The maximum absolute atomic E-state index is 12.8. The van der Waals surface area contributed by atoms with E-state index in [0.717, 1.165) is 32.4 Å². The van der Waals surface area contributed by atoms with Gasteiger partial charge in [-0.05, 0) is 45.2 Å². The molecule has 3 aliphatic heterocycles. The van der Waals surface area contributed by atoms with Gasteiger partial charge >= 0.3 is 5.97 Å². The fourth-order valence-electron chi connectivity index (χ4n) is 4.26. The summed E-state index contributed by atoms with van der Waals surface area (Å²) in [6.45, 7) is 5.51. The molecule has 8 nitrogen and oxygen atoms in total. The number of rotatable bonds is 5. The summed E-state index contributed by atoms with van der Waals surface area (Å²) in [4.78, 5) is 44.0. The summed E-state index contributed by atoms with van der Waals surface area (Å²) < 4.78 is 0. The zero-order valence-electron chi connectivity index (χ0n) is 15.4. The fourth-order valence-corrected chi connectivity index (χ4v) is 4.26. The summed E-state index contributed by atoms with van der Waals surface area (Å²) in [6.07, 6.45) is 4.91. The van der Waals surface area contributed by atoms with E-state index >= 15 is 0 Å². The number of carbonyl (C=O) groups is 3. The second kappa shape index (κ2) is 8.81. The van der Waals surface area contributed by atoms with Crippen molar-refractivity contribution in [2.24, 2.45) is 0 Å². The first kappa shape index (κ1) is 19.1. The Labute approximate surface area is 154 Å². The highest BCUT2D eigenvalue weighted by atomic mass is 16.4. The van der Waals surface area contributed by atoms with Crippen LogP contribution in [0.1, 0.15) is 32.1 Å². The number of nitrogens with zero attached hydrogens (tertiary/aromatic N) is 4. The van der Waals surface area contributed by atoms with Crippen LogP contribution >= 0.6 is 0 Å². The number of hydrogen-bond donors (Lipinski definition) is 1. The maximum atomic E-state index is 12.8. The molecule has 0 aliphatic carbocycles. The Morgan fingerprint density at radius 3 is 2.19 bits per heavy atom. The number of aliphatic carboxylic acids is 1. The third kappa shape index (κ3) is 4.73. The predicted octanol–water partition coefficient (Wildman–Crippen LogP) is -0.308. The lowest BCUT2D eigenvalue weighted by molar-refractivity contribution is -0.147. The normalized spacial score (nSPS) is 26.2. The molecular weight excluding hydrogens is 336 g/mol. The molecule has 26 heavy (non-hydrogen) atoms. The summed E-state index contributed by atoms with van der Waals surface area (Å²) in [5.41, 5.74) is 0. The first-order valence-corrected chi connectivity index (χ1v) is 9.79. The standard InChI is InChI=1S/C18H30N4O4/c23-16(13-19-6-3-4-7-19)21-11-9-20(10-12-21)15-5-1-2-8-22(18(15)26)14-17(24)25/h15H,1-14H2,(H,24,25). The van der Waals surface area contributed by atoms with Crippen molar-refractivity contribution in [1.29, 1.82) is 0 Å². The quantitative estimate of drug-likeness (QED) is 0.719. The summed E-state index contributed by atoms with van der Waals surface area (Å²) >= 11 is 0. The third-order valence-electron chi connectivity index (χ3n) is 5.74. The molecule has 2 amide bonds. The second-order valence-electron chi connectivity index (χ2n) is 7.57. The van der Waals surface area contributed by atoms with Crippen molar-refractivity contribution >= 4 is 17.8 Å². The van der Waals surface area contributed by atoms with Crippen molar-refractivity contribution in [2.75, 3.05) is 58.9 Å². The zero-order valence-corrected chi connectivity index (χ0v) is 15.4. The number of carbonyl (C=O) groups excluding carboxylic acids is 2. The number of likely N-dealkylation sites (tertiary alicyclic amines) is 2. The number of carboxylic acids is 1. The zero-order chi connectivity index (χ0) is 18.5. The van der Waals surface area contributed by atoms with E-state index in [1.165, 1.54) is 17.7 Å². The molecule has 3 aliphatic rings. The van der Waals surface area contributed by atoms with Gasteiger partial charge in [-0.25, -0.2) is 0 Å². The first-order valence-electron chi connectivity index (χ1n) is 9.79. The molecule has 1 atom stereocenters. The molecule has 0 radical (unpaired) electrons. The van der Waals surface area contributed by atoms with E-state index in [1.54, 1.807) is 0 Å². The lowest BCUT2D eigenvalue weighted by Crippen LogP contribution is -2.57. The van der Waals surface area contributed by atoms with Crippen molar-refractivity contribution in [3.05, 3.63) is 0 Å². The molecule has 3 fully saturated rings. The van der Waals surface area contributed by atoms with Gasteiger partial charge in [0.2, 0.25) is 11.8 Å². The Hall–Kier alpha value is -1.67. The summed E-state index contributed by atoms with van der Waals surface area (Å²) in [5.74, 6) is -0.843. The molecular formula is C18H30N4O4. The highest BCUT2D eigenvalue weighted by molar-refractivity contribution is 5.85. The van der Waals surface area contributed by atoms with Gasteiger partial charge in [0, 0.05) is 32.7 Å².